The van der Waals surface area contributed by atoms with Crippen LogP contribution in [0.25, 0.3) is 0 Å². The summed E-state index contributed by atoms with van der Waals surface area (Å²) in [6, 6.07) is 4.78. The SMILES string of the molecule is CC(=O)c1ccc(S(=O)(=O)N[C@@H](C)C(=O)NNC(=S)NC2CCCC2)cc1. The summed E-state index contributed by atoms with van der Waals surface area (Å²) in [6.45, 7) is 2.82. The maximum absolute atomic E-state index is 12.4. The van der Waals surface area contributed by atoms with Crippen molar-refractivity contribution in [1.82, 2.24) is 20.9 Å². The van der Waals surface area contributed by atoms with Gasteiger partial charge in [-0.3, -0.25) is 20.4 Å². The first-order valence-corrected chi connectivity index (χ1v) is 10.6. The monoisotopic (exact) mass is 412 g/mol. The molecule has 27 heavy (non-hydrogen) atoms. The van der Waals surface area contributed by atoms with Crippen LogP contribution in [-0.2, 0) is 14.8 Å². The van der Waals surface area contributed by atoms with Crippen LogP contribution in [0.3, 0.4) is 0 Å². The van der Waals surface area contributed by atoms with Gasteiger partial charge in [0.1, 0.15) is 0 Å². The Morgan fingerprint density at radius 3 is 2.26 bits per heavy atom. The molecule has 148 valence electrons. The summed E-state index contributed by atoms with van der Waals surface area (Å²) in [5.41, 5.74) is 5.38. The van der Waals surface area contributed by atoms with E-state index in [1.165, 1.54) is 38.1 Å². The van der Waals surface area contributed by atoms with Gasteiger partial charge in [0.15, 0.2) is 10.9 Å². The zero-order valence-corrected chi connectivity index (χ0v) is 16.9. The summed E-state index contributed by atoms with van der Waals surface area (Å²) >= 11 is 5.11. The fraction of sp³-hybridized carbons (Fsp3) is 0.471. The number of carbonyl (C=O) groups excluding carboxylic acids is 2. The fourth-order valence-corrected chi connectivity index (χ4v) is 4.16. The highest BCUT2D eigenvalue weighted by Crippen LogP contribution is 2.17. The quantitative estimate of drug-likeness (QED) is 0.313. The fourth-order valence-electron chi connectivity index (χ4n) is 2.74. The van der Waals surface area contributed by atoms with E-state index in [0.29, 0.717) is 16.7 Å². The first-order chi connectivity index (χ1) is 12.7. The van der Waals surface area contributed by atoms with Gasteiger partial charge in [-0.05, 0) is 51.0 Å². The minimum atomic E-state index is -3.90. The molecule has 1 aromatic rings. The van der Waals surface area contributed by atoms with Gasteiger partial charge in [-0.1, -0.05) is 25.0 Å². The molecule has 0 bridgehead atoms. The van der Waals surface area contributed by atoms with Crippen molar-refractivity contribution >= 4 is 39.0 Å². The van der Waals surface area contributed by atoms with Crippen molar-refractivity contribution in [2.24, 2.45) is 0 Å². The average Bonchev–Trinajstić information content (AvgIpc) is 3.12. The summed E-state index contributed by atoms with van der Waals surface area (Å²) in [7, 11) is -3.90. The van der Waals surface area contributed by atoms with E-state index < -0.39 is 22.0 Å². The Hall–Kier alpha value is -2.04. The molecule has 1 aromatic carbocycles. The molecule has 1 atom stereocenters. The molecule has 1 aliphatic rings. The predicted octanol–water partition coefficient (Wildman–Crippen LogP) is 0.994. The second-order valence-corrected chi connectivity index (χ2v) is 8.61. The number of thiocarbonyl (C=S) groups is 1. The Morgan fingerprint density at radius 2 is 1.70 bits per heavy atom. The molecule has 0 spiro atoms. The third-order valence-corrected chi connectivity index (χ3v) is 6.06. The first kappa shape index (κ1) is 21.3. The molecule has 1 saturated carbocycles. The van der Waals surface area contributed by atoms with Crippen LogP contribution >= 0.6 is 12.2 Å². The molecule has 8 nitrogen and oxygen atoms in total. The molecule has 0 unspecified atom stereocenters. The number of sulfonamides is 1. The number of Topliss-reactive ketones (excluding diaryl/α,β-unsaturated/α-hetero) is 1. The maximum atomic E-state index is 12.4. The average molecular weight is 413 g/mol. The number of ketones is 1. The summed E-state index contributed by atoms with van der Waals surface area (Å²) in [4.78, 5) is 23.3. The maximum Gasteiger partial charge on any atom is 0.256 e. The van der Waals surface area contributed by atoms with Crippen molar-refractivity contribution in [3.63, 3.8) is 0 Å². The molecule has 4 N–H and O–H groups in total. The molecule has 1 amide bonds. The van der Waals surface area contributed by atoms with Gasteiger partial charge in [0.25, 0.3) is 5.91 Å². The van der Waals surface area contributed by atoms with Crippen LogP contribution < -0.4 is 20.9 Å². The molecule has 0 aromatic heterocycles. The number of hydrogen-bond donors (Lipinski definition) is 4. The second-order valence-electron chi connectivity index (χ2n) is 6.49. The Labute approximate surface area is 164 Å². The number of hydrazine groups is 1. The minimum Gasteiger partial charge on any atom is -0.359 e. The number of nitrogens with one attached hydrogen (secondary N) is 4. The van der Waals surface area contributed by atoms with Crippen molar-refractivity contribution < 1.29 is 18.0 Å². The van der Waals surface area contributed by atoms with Gasteiger partial charge in [0.2, 0.25) is 10.0 Å². The van der Waals surface area contributed by atoms with E-state index in [4.69, 9.17) is 12.2 Å². The smallest absolute Gasteiger partial charge is 0.256 e. The van der Waals surface area contributed by atoms with Crippen LogP contribution in [0.4, 0.5) is 0 Å². The highest BCUT2D eigenvalue weighted by Gasteiger charge is 2.22. The highest BCUT2D eigenvalue weighted by atomic mass is 32.2. The van der Waals surface area contributed by atoms with E-state index in [9.17, 15) is 18.0 Å². The Morgan fingerprint density at radius 1 is 1.11 bits per heavy atom. The molecule has 0 saturated heterocycles. The molecule has 0 heterocycles. The molecule has 2 rings (SSSR count). The minimum absolute atomic E-state index is 0.0291. The van der Waals surface area contributed by atoms with E-state index in [2.05, 4.69) is 20.9 Å². The summed E-state index contributed by atoms with van der Waals surface area (Å²) in [6.07, 6.45) is 4.38. The van der Waals surface area contributed by atoms with E-state index in [-0.39, 0.29) is 10.7 Å². The number of benzene rings is 1. The predicted molar refractivity (Wildman–Crippen MR) is 105 cm³/mol. The highest BCUT2D eigenvalue weighted by molar-refractivity contribution is 7.89. The van der Waals surface area contributed by atoms with Crippen molar-refractivity contribution in [2.75, 3.05) is 0 Å². The Bertz CT molecular complexity index is 803. The van der Waals surface area contributed by atoms with Gasteiger partial charge in [-0.15, -0.1) is 0 Å². The second kappa shape index (κ2) is 9.25. The molecule has 0 radical (unpaired) electrons. The topological polar surface area (TPSA) is 116 Å². The number of rotatable bonds is 6. The zero-order valence-electron chi connectivity index (χ0n) is 15.2. The molecular weight excluding hydrogens is 388 g/mol. The van der Waals surface area contributed by atoms with Crippen molar-refractivity contribution in [3.8, 4) is 0 Å². The van der Waals surface area contributed by atoms with E-state index in [1.807, 2.05) is 0 Å². The molecule has 0 aliphatic heterocycles. The van der Waals surface area contributed by atoms with Gasteiger partial charge >= 0.3 is 0 Å². The molecule has 1 fully saturated rings. The lowest BCUT2D eigenvalue weighted by Crippen LogP contribution is -2.54. The van der Waals surface area contributed by atoms with Crippen LogP contribution in [0.2, 0.25) is 0 Å². The van der Waals surface area contributed by atoms with Crippen molar-refractivity contribution in [3.05, 3.63) is 29.8 Å². The first-order valence-electron chi connectivity index (χ1n) is 8.69. The van der Waals surface area contributed by atoms with E-state index >= 15 is 0 Å². The van der Waals surface area contributed by atoms with Gasteiger partial charge in [-0.2, -0.15) is 4.72 Å². The summed E-state index contributed by atoms with van der Waals surface area (Å²) in [5.74, 6) is -0.734. The van der Waals surface area contributed by atoms with Crippen LogP contribution in [-0.4, -0.2) is 37.3 Å². The van der Waals surface area contributed by atoms with Crippen molar-refractivity contribution in [1.29, 1.82) is 0 Å². The lowest BCUT2D eigenvalue weighted by Gasteiger charge is -2.18. The van der Waals surface area contributed by atoms with Crippen LogP contribution in [0.1, 0.15) is 49.9 Å². The summed E-state index contributed by atoms with van der Waals surface area (Å²) in [5, 5.41) is 3.40. The van der Waals surface area contributed by atoms with Gasteiger partial charge < -0.3 is 5.32 Å². The number of hydrogen-bond acceptors (Lipinski definition) is 5. The largest absolute Gasteiger partial charge is 0.359 e. The Kier molecular flexibility index (Phi) is 7.28. The molecule has 10 heteroatoms. The van der Waals surface area contributed by atoms with Crippen molar-refractivity contribution in [2.45, 2.75) is 56.5 Å². The third kappa shape index (κ3) is 6.26. The standard InChI is InChI=1S/C17H24N4O4S2/c1-11(16(23)19-20-17(26)18-14-5-3-4-6-14)21-27(24,25)15-9-7-13(8-10-15)12(2)22/h7-11,14,21H,3-6H2,1-2H3,(H,19,23)(H2,18,20,26)/t11-/m0/s1. The van der Waals surface area contributed by atoms with Crippen LogP contribution in [0.15, 0.2) is 29.2 Å². The normalized spacial score (nSPS) is 15.8. The number of amides is 1. The third-order valence-electron chi connectivity index (χ3n) is 4.29. The van der Waals surface area contributed by atoms with Gasteiger partial charge in [-0.25, -0.2) is 8.42 Å². The molecule has 1 aliphatic carbocycles. The van der Waals surface area contributed by atoms with Gasteiger partial charge in [0.05, 0.1) is 10.9 Å². The van der Waals surface area contributed by atoms with E-state index in [1.54, 1.807) is 0 Å². The van der Waals surface area contributed by atoms with Crippen LogP contribution in [0.5, 0.6) is 0 Å². The zero-order chi connectivity index (χ0) is 20.0. The Balaban J connectivity index is 1.86. The lowest BCUT2D eigenvalue weighted by atomic mass is 10.2. The van der Waals surface area contributed by atoms with E-state index in [0.717, 1.165) is 25.7 Å². The lowest BCUT2D eigenvalue weighted by molar-refractivity contribution is -0.122. The summed E-state index contributed by atoms with van der Waals surface area (Å²) < 4.78 is 27.0. The van der Waals surface area contributed by atoms with Gasteiger partial charge in [0, 0.05) is 11.6 Å². The number of carbonyl (C=O) groups is 2. The van der Waals surface area contributed by atoms with Crippen LogP contribution in [0, 0.1) is 0 Å². The molecular formula is C17H24N4O4S2.